The Morgan fingerprint density at radius 1 is 0.627 bits per heavy atom. The maximum atomic E-state index is 12.3. The first-order valence-electron chi connectivity index (χ1n) is 17.5. The molecule has 16 nitrogen and oxygen atoms in total. The van der Waals surface area contributed by atoms with Gasteiger partial charge in [0.15, 0.2) is 0 Å². The van der Waals surface area contributed by atoms with Crippen molar-refractivity contribution in [1.29, 1.82) is 0 Å². The van der Waals surface area contributed by atoms with E-state index in [2.05, 4.69) is 16.0 Å². The highest BCUT2D eigenvalue weighted by molar-refractivity contribution is 5.87. The number of hydrogen-bond acceptors (Lipinski definition) is 11. The normalized spacial score (nSPS) is 11.4. The number of nitrogens with one attached hydrogen (secondary N) is 3. The number of benzene rings is 1. The number of carboxylic acid groups (broad SMARTS) is 2. The van der Waals surface area contributed by atoms with Crippen LogP contribution < -0.4 is 20.7 Å². The lowest BCUT2D eigenvalue weighted by Gasteiger charge is -2.14. The zero-order chi connectivity index (χ0) is 37.4. The molecule has 0 aliphatic carbocycles. The van der Waals surface area contributed by atoms with Gasteiger partial charge in [-0.3, -0.25) is 14.4 Å². The number of amides is 3. The van der Waals surface area contributed by atoms with Crippen molar-refractivity contribution in [2.45, 2.75) is 76.7 Å². The summed E-state index contributed by atoms with van der Waals surface area (Å²) in [6, 6.07) is 5.19. The Kier molecular flexibility index (Phi) is 27.0. The highest BCUT2D eigenvalue weighted by Gasteiger charge is 2.20. The predicted octanol–water partition coefficient (Wildman–Crippen LogP) is 2.12. The Hall–Kier alpha value is -4.12. The van der Waals surface area contributed by atoms with Crippen LogP contribution in [-0.2, 0) is 42.9 Å². The first kappa shape index (κ1) is 44.9. The van der Waals surface area contributed by atoms with Gasteiger partial charge in [-0.05, 0) is 43.5 Å². The van der Waals surface area contributed by atoms with E-state index in [1.165, 1.54) is 12.1 Å². The molecule has 0 saturated heterocycles. The highest BCUT2D eigenvalue weighted by atomic mass is 16.5. The molecule has 5 N–H and O–H groups in total. The van der Waals surface area contributed by atoms with Gasteiger partial charge in [-0.25, -0.2) is 9.59 Å². The van der Waals surface area contributed by atoms with Gasteiger partial charge in [0, 0.05) is 25.9 Å². The van der Waals surface area contributed by atoms with Crippen LogP contribution in [0.1, 0.15) is 81.0 Å². The molecule has 0 spiro atoms. The fourth-order valence-electron chi connectivity index (χ4n) is 4.53. The Morgan fingerprint density at radius 2 is 1.20 bits per heavy atom. The van der Waals surface area contributed by atoms with Gasteiger partial charge in [0.05, 0.1) is 51.8 Å². The van der Waals surface area contributed by atoms with Crippen molar-refractivity contribution < 1.29 is 62.7 Å². The Labute approximate surface area is 299 Å². The summed E-state index contributed by atoms with van der Waals surface area (Å²) < 4.78 is 26.4. The van der Waals surface area contributed by atoms with Crippen molar-refractivity contribution in [1.82, 2.24) is 16.0 Å². The average molecular weight is 726 g/mol. The van der Waals surface area contributed by atoms with Crippen molar-refractivity contribution in [3.05, 3.63) is 29.8 Å². The second-order valence-electron chi connectivity index (χ2n) is 11.5. The van der Waals surface area contributed by atoms with E-state index < -0.39 is 18.0 Å². The van der Waals surface area contributed by atoms with Crippen LogP contribution in [0.3, 0.4) is 0 Å². The topological polar surface area (TPSA) is 225 Å². The van der Waals surface area contributed by atoms with Gasteiger partial charge in [-0.2, -0.15) is 0 Å². The maximum absolute atomic E-state index is 12.3. The molecule has 0 saturated carbocycles. The molecule has 1 aromatic carbocycles. The lowest BCUT2D eigenvalue weighted by atomic mass is 10.1. The second-order valence-corrected chi connectivity index (χ2v) is 11.5. The quantitative estimate of drug-likeness (QED) is 0.0508. The van der Waals surface area contributed by atoms with Crippen molar-refractivity contribution in [3.63, 3.8) is 0 Å². The minimum atomic E-state index is -1.19. The number of unbranched alkanes of at least 4 members (excludes halogenated alkanes) is 7. The van der Waals surface area contributed by atoms with Crippen molar-refractivity contribution in [2.75, 3.05) is 72.6 Å². The number of aldehydes is 1. The van der Waals surface area contributed by atoms with Gasteiger partial charge in [0.2, 0.25) is 17.7 Å². The largest absolute Gasteiger partial charge is 0.494 e. The van der Waals surface area contributed by atoms with E-state index in [0.29, 0.717) is 51.4 Å². The van der Waals surface area contributed by atoms with Crippen LogP contribution in [0.5, 0.6) is 5.75 Å². The fraction of sp³-hybridized carbons (Fsp3) is 0.657. The summed E-state index contributed by atoms with van der Waals surface area (Å²) in [6.07, 6.45) is 8.41. The second kappa shape index (κ2) is 30.7. The van der Waals surface area contributed by atoms with E-state index in [0.717, 1.165) is 44.9 Å². The van der Waals surface area contributed by atoms with Gasteiger partial charge in [-0.15, -0.1) is 0 Å². The number of aliphatic carboxylic acids is 1. The molecule has 3 amide bonds. The van der Waals surface area contributed by atoms with Gasteiger partial charge < -0.3 is 54.6 Å². The van der Waals surface area contributed by atoms with Crippen LogP contribution in [0.25, 0.3) is 0 Å². The summed E-state index contributed by atoms with van der Waals surface area (Å²) >= 11 is 0. The van der Waals surface area contributed by atoms with Gasteiger partial charge in [-0.1, -0.05) is 38.5 Å². The van der Waals surface area contributed by atoms with Gasteiger partial charge in [0.25, 0.3) is 0 Å². The third-order valence-electron chi connectivity index (χ3n) is 7.26. The molecule has 1 atom stereocenters. The molecular formula is C35H55N3O13. The molecule has 0 aliphatic rings. The van der Waals surface area contributed by atoms with Gasteiger partial charge in [0.1, 0.15) is 31.3 Å². The number of carbonyl (C=O) groups excluding carboxylic acids is 4. The zero-order valence-electron chi connectivity index (χ0n) is 29.4. The SMILES string of the molecule is O=CCOCCOCCNC(=O)COCCOCCNC(=O)CCC(NC(=O)CCCCCCCCCCOc1ccc(C(=O)O)cc1)C(=O)O. The highest BCUT2D eigenvalue weighted by Crippen LogP contribution is 2.14. The van der Waals surface area contributed by atoms with Gasteiger partial charge >= 0.3 is 11.9 Å². The molecule has 0 radical (unpaired) electrons. The summed E-state index contributed by atoms with van der Waals surface area (Å²) in [5, 5.41) is 26.2. The molecule has 0 bridgehead atoms. The van der Waals surface area contributed by atoms with Crippen LogP contribution in [0.2, 0.25) is 0 Å². The summed E-state index contributed by atoms with van der Waals surface area (Å²) in [5.74, 6) is -2.52. The van der Waals surface area contributed by atoms with E-state index in [4.69, 9.17) is 28.8 Å². The van der Waals surface area contributed by atoms with Crippen LogP contribution in [0.15, 0.2) is 24.3 Å². The maximum Gasteiger partial charge on any atom is 0.335 e. The Balaban J connectivity index is 1.96. The van der Waals surface area contributed by atoms with Crippen LogP contribution in [0.4, 0.5) is 0 Å². The molecule has 0 aromatic heterocycles. The molecule has 51 heavy (non-hydrogen) atoms. The molecule has 1 unspecified atom stereocenters. The third kappa shape index (κ3) is 26.4. The molecule has 0 heterocycles. The smallest absolute Gasteiger partial charge is 0.335 e. The lowest BCUT2D eigenvalue weighted by Crippen LogP contribution is -2.41. The minimum Gasteiger partial charge on any atom is -0.494 e. The third-order valence-corrected chi connectivity index (χ3v) is 7.26. The number of carboxylic acids is 2. The lowest BCUT2D eigenvalue weighted by molar-refractivity contribution is -0.142. The molecule has 16 heteroatoms. The number of carbonyl (C=O) groups is 6. The minimum absolute atomic E-state index is 0.0246. The first-order chi connectivity index (χ1) is 24.7. The number of rotatable bonds is 34. The first-order valence-corrected chi connectivity index (χ1v) is 17.5. The number of ether oxygens (including phenoxy) is 5. The van der Waals surface area contributed by atoms with E-state index in [1.807, 2.05) is 0 Å². The van der Waals surface area contributed by atoms with Crippen molar-refractivity contribution in [3.8, 4) is 5.75 Å². The average Bonchev–Trinajstić information content (AvgIpc) is 3.11. The summed E-state index contributed by atoms with van der Waals surface area (Å²) in [6.45, 7) is 2.51. The van der Waals surface area contributed by atoms with E-state index in [1.54, 1.807) is 12.1 Å². The van der Waals surface area contributed by atoms with Crippen molar-refractivity contribution in [2.24, 2.45) is 0 Å². The molecule has 0 fully saturated rings. The number of hydrogen-bond donors (Lipinski definition) is 5. The van der Waals surface area contributed by atoms with Crippen LogP contribution in [-0.4, -0.2) is 125 Å². The summed E-state index contributed by atoms with van der Waals surface area (Å²) in [4.78, 5) is 68.7. The monoisotopic (exact) mass is 725 g/mol. The molecule has 0 aliphatic heterocycles. The predicted molar refractivity (Wildman–Crippen MR) is 185 cm³/mol. The Bertz CT molecular complexity index is 1130. The van der Waals surface area contributed by atoms with E-state index in [9.17, 15) is 33.9 Å². The summed E-state index contributed by atoms with van der Waals surface area (Å²) in [7, 11) is 0. The van der Waals surface area contributed by atoms with Crippen LogP contribution in [0, 0.1) is 0 Å². The standard InChI is InChI=1S/C35H55N3O13/c39-18-22-49-24-23-47-21-17-37-33(42)27-50-26-25-48-20-16-36-31(40)15-14-30(35(45)46)38-32(41)9-7-5-3-1-2-4-6-8-19-51-29-12-10-28(11-13-29)34(43)44/h10-13,18,30H,1-9,14-17,19-27H2,(H,36,40)(H,37,42)(H,38,41)(H,43,44)(H,45,46). The molecular weight excluding hydrogens is 670 g/mol. The van der Waals surface area contributed by atoms with E-state index >= 15 is 0 Å². The molecule has 1 rings (SSSR count). The van der Waals surface area contributed by atoms with Crippen LogP contribution >= 0.6 is 0 Å². The number of aromatic carboxylic acids is 1. The van der Waals surface area contributed by atoms with E-state index in [-0.39, 0.29) is 82.1 Å². The zero-order valence-corrected chi connectivity index (χ0v) is 29.4. The molecule has 1 aromatic rings. The Morgan fingerprint density at radius 3 is 1.80 bits per heavy atom. The fourth-order valence-corrected chi connectivity index (χ4v) is 4.53. The van der Waals surface area contributed by atoms with Crippen molar-refractivity contribution >= 4 is 35.9 Å². The molecule has 288 valence electrons. The summed E-state index contributed by atoms with van der Waals surface area (Å²) in [5.41, 5.74) is 0.225.